The molecule has 1 unspecified atom stereocenters. The molecule has 1 saturated heterocycles. The molecule has 3 rings (SSSR count). The van der Waals surface area contributed by atoms with Gasteiger partial charge in [-0.15, -0.1) is 0 Å². The maximum atomic E-state index is 6.04. The molecule has 0 amide bonds. The van der Waals surface area contributed by atoms with Crippen LogP contribution < -0.4 is 29.7 Å². The van der Waals surface area contributed by atoms with Crippen LogP contribution >= 0.6 is 11.6 Å². The number of ether oxygens (including phenoxy) is 3. The first kappa shape index (κ1) is 21.9. The van der Waals surface area contributed by atoms with Crippen molar-refractivity contribution in [2.45, 2.75) is 19.0 Å². The van der Waals surface area contributed by atoms with Gasteiger partial charge in [-0.25, -0.2) is 0 Å². The molecule has 0 spiro atoms. The number of nitrogens with zero attached hydrogens (tertiary/aromatic N) is 2. The molecule has 8 heteroatoms. The predicted octanol–water partition coefficient (Wildman–Crippen LogP) is 3.31. The molecule has 30 heavy (non-hydrogen) atoms. The van der Waals surface area contributed by atoms with Crippen LogP contribution in [0.2, 0.25) is 5.02 Å². The Morgan fingerprint density at radius 3 is 2.47 bits per heavy atom. The Bertz CT molecular complexity index is 868. The SMILES string of the molecule is CN=C(NCc1ccc(Cl)cc1OC)NC1CCN(c2cc(OC)cc(OC)c2)C1. The number of benzene rings is 2. The molecule has 2 aromatic rings. The van der Waals surface area contributed by atoms with Crippen LogP contribution in [0.1, 0.15) is 12.0 Å². The summed E-state index contributed by atoms with van der Waals surface area (Å²) >= 11 is 6.04. The van der Waals surface area contributed by atoms with Gasteiger partial charge in [-0.1, -0.05) is 17.7 Å². The number of hydrogen-bond donors (Lipinski definition) is 2. The van der Waals surface area contributed by atoms with Crippen molar-refractivity contribution in [3.63, 3.8) is 0 Å². The monoisotopic (exact) mass is 432 g/mol. The van der Waals surface area contributed by atoms with Crippen LogP contribution in [0.4, 0.5) is 5.69 Å². The molecule has 1 atom stereocenters. The van der Waals surface area contributed by atoms with Crippen LogP contribution in [-0.4, -0.2) is 53.5 Å². The molecule has 2 aromatic carbocycles. The first-order valence-corrected chi connectivity index (χ1v) is 10.2. The van der Waals surface area contributed by atoms with Crippen LogP contribution in [0.5, 0.6) is 17.2 Å². The minimum Gasteiger partial charge on any atom is -0.497 e. The van der Waals surface area contributed by atoms with Gasteiger partial charge in [0.05, 0.1) is 21.3 Å². The highest BCUT2D eigenvalue weighted by Crippen LogP contribution is 2.30. The number of hydrogen-bond acceptors (Lipinski definition) is 5. The fraction of sp³-hybridized carbons (Fsp3) is 0.409. The summed E-state index contributed by atoms with van der Waals surface area (Å²) in [6.07, 6.45) is 1.00. The van der Waals surface area contributed by atoms with Gasteiger partial charge < -0.3 is 29.7 Å². The standard InChI is InChI=1S/C22H29ClN4O3/c1-24-22(25-13-15-5-6-16(23)9-21(15)30-4)26-17-7-8-27(14-17)18-10-19(28-2)12-20(11-18)29-3/h5-6,9-12,17H,7-8,13-14H2,1-4H3,(H2,24,25,26). The molecule has 1 aliphatic heterocycles. The Labute approximate surface area is 183 Å². The third-order valence-corrected chi connectivity index (χ3v) is 5.38. The van der Waals surface area contributed by atoms with E-state index in [4.69, 9.17) is 25.8 Å². The zero-order chi connectivity index (χ0) is 21.5. The zero-order valence-electron chi connectivity index (χ0n) is 17.9. The summed E-state index contributed by atoms with van der Waals surface area (Å²) in [5.74, 6) is 3.08. The number of halogens is 1. The zero-order valence-corrected chi connectivity index (χ0v) is 18.6. The van der Waals surface area contributed by atoms with Crippen LogP contribution in [0, 0.1) is 0 Å². The van der Waals surface area contributed by atoms with Gasteiger partial charge >= 0.3 is 0 Å². The first-order valence-electron chi connectivity index (χ1n) is 9.84. The maximum absolute atomic E-state index is 6.04. The minimum atomic E-state index is 0.278. The van der Waals surface area contributed by atoms with Crippen molar-refractivity contribution in [3.05, 3.63) is 47.0 Å². The lowest BCUT2D eigenvalue weighted by atomic mass is 10.2. The molecular weight excluding hydrogens is 404 g/mol. The van der Waals surface area contributed by atoms with Crippen molar-refractivity contribution in [1.82, 2.24) is 10.6 Å². The van der Waals surface area contributed by atoms with E-state index in [1.807, 2.05) is 36.4 Å². The Morgan fingerprint density at radius 2 is 1.83 bits per heavy atom. The second kappa shape index (κ2) is 10.3. The number of rotatable bonds is 7. The van der Waals surface area contributed by atoms with Gasteiger partial charge in [-0.2, -0.15) is 0 Å². The largest absolute Gasteiger partial charge is 0.497 e. The second-order valence-corrected chi connectivity index (χ2v) is 7.47. The Hall–Kier alpha value is -2.80. The summed E-state index contributed by atoms with van der Waals surface area (Å²) < 4.78 is 16.2. The van der Waals surface area contributed by atoms with Crippen molar-refractivity contribution in [2.75, 3.05) is 46.4 Å². The van der Waals surface area contributed by atoms with Gasteiger partial charge in [-0.3, -0.25) is 4.99 Å². The average molecular weight is 433 g/mol. The highest BCUT2D eigenvalue weighted by Gasteiger charge is 2.24. The van der Waals surface area contributed by atoms with Gasteiger partial charge in [0.1, 0.15) is 17.2 Å². The summed E-state index contributed by atoms with van der Waals surface area (Å²) in [7, 11) is 6.74. The summed E-state index contributed by atoms with van der Waals surface area (Å²) in [4.78, 5) is 6.68. The van der Waals surface area contributed by atoms with E-state index in [1.165, 1.54) is 0 Å². The highest BCUT2D eigenvalue weighted by atomic mass is 35.5. The van der Waals surface area contributed by atoms with E-state index in [9.17, 15) is 0 Å². The molecule has 1 aliphatic rings. The lowest BCUT2D eigenvalue weighted by Crippen LogP contribution is -2.44. The molecule has 0 bridgehead atoms. The van der Waals surface area contributed by atoms with E-state index in [0.717, 1.165) is 54.0 Å². The minimum absolute atomic E-state index is 0.278. The van der Waals surface area contributed by atoms with Gasteiger partial charge in [0, 0.05) is 67.2 Å². The molecule has 1 fully saturated rings. The predicted molar refractivity (Wildman–Crippen MR) is 122 cm³/mol. The lowest BCUT2D eigenvalue weighted by molar-refractivity contribution is 0.394. The molecule has 0 aliphatic carbocycles. The molecule has 2 N–H and O–H groups in total. The topological polar surface area (TPSA) is 67.4 Å². The van der Waals surface area contributed by atoms with Crippen LogP contribution in [0.15, 0.2) is 41.4 Å². The number of guanidine groups is 1. The Morgan fingerprint density at radius 1 is 1.10 bits per heavy atom. The molecule has 0 radical (unpaired) electrons. The van der Waals surface area contributed by atoms with Gasteiger partial charge in [0.2, 0.25) is 0 Å². The van der Waals surface area contributed by atoms with E-state index in [2.05, 4.69) is 20.5 Å². The smallest absolute Gasteiger partial charge is 0.191 e. The van der Waals surface area contributed by atoms with Crippen LogP contribution in [0.3, 0.4) is 0 Å². The Kier molecular flexibility index (Phi) is 7.52. The first-order chi connectivity index (χ1) is 14.6. The molecule has 0 saturated carbocycles. The fourth-order valence-electron chi connectivity index (χ4n) is 3.52. The average Bonchev–Trinajstić information content (AvgIpc) is 3.25. The normalized spacial score (nSPS) is 16.4. The van der Waals surface area contributed by atoms with E-state index >= 15 is 0 Å². The third kappa shape index (κ3) is 5.42. The quantitative estimate of drug-likeness (QED) is 0.517. The number of anilines is 1. The number of nitrogens with one attached hydrogen (secondary N) is 2. The third-order valence-electron chi connectivity index (χ3n) is 5.15. The van der Waals surface area contributed by atoms with Gasteiger partial charge in [0.15, 0.2) is 5.96 Å². The summed E-state index contributed by atoms with van der Waals surface area (Å²) in [5.41, 5.74) is 2.10. The number of aliphatic imine (C=N–C) groups is 1. The van der Waals surface area contributed by atoms with E-state index in [1.54, 1.807) is 28.4 Å². The lowest BCUT2D eigenvalue weighted by Gasteiger charge is -2.21. The van der Waals surface area contributed by atoms with E-state index in [-0.39, 0.29) is 6.04 Å². The van der Waals surface area contributed by atoms with Crippen LogP contribution in [0.25, 0.3) is 0 Å². The van der Waals surface area contributed by atoms with E-state index in [0.29, 0.717) is 11.6 Å². The van der Waals surface area contributed by atoms with Crippen molar-refractivity contribution in [1.29, 1.82) is 0 Å². The van der Waals surface area contributed by atoms with Gasteiger partial charge in [0.25, 0.3) is 0 Å². The Balaban J connectivity index is 1.59. The van der Waals surface area contributed by atoms with Crippen molar-refractivity contribution < 1.29 is 14.2 Å². The van der Waals surface area contributed by atoms with E-state index < -0.39 is 0 Å². The fourth-order valence-corrected chi connectivity index (χ4v) is 3.68. The summed E-state index contributed by atoms with van der Waals surface area (Å²) in [6, 6.07) is 11.8. The molecule has 7 nitrogen and oxygen atoms in total. The molecule has 0 aromatic heterocycles. The van der Waals surface area contributed by atoms with Crippen molar-refractivity contribution in [3.8, 4) is 17.2 Å². The number of methoxy groups -OCH3 is 3. The maximum Gasteiger partial charge on any atom is 0.191 e. The van der Waals surface area contributed by atoms with Crippen molar-refractivity contribution >= 4 is 23.2 Å². The van der Waals surface area contributed by atoms with Crippen molar-refractivity contribution in [2.24, 2.45) is 4.99 Å². The summed E-state index contributed by atoms with van der Waals surface area (Å²) in [6.45, 7) is 2.39. The van der Waals surface area contributed by atoms with Gasteiger partial charge in [-0.05, 0) is 18.6 Å². The highest BCUT2D eigenvalue weighted by molar-refractivity contribution is 6.30. The second-order valence-electron chi connectivity index (χ2n) is 7.03. The molecule has 162 valence electrons. The molecular formula is C22H29ClN4O3. The molecule has 1 heterocycles. The summed E-state index contributed by atoms with van der Waals surface area (Å²) in [5, 5.41) is 7.52. The van der Waals surface area contributed by atoms with Crippen LogP contribution in [-0.2, 0) is 6.54 Å².